The molecule has 0 saturated heterocycles. The van der Waals surface area contributed by atoms with Crippen LogP contribution in [0.3, 0.4) is 0 Å². The molecule has 3 N–H and O–H groups in total. The molecule has 0 aliphatic rings. The van der Waals surface area contributed by atoms with Crippen molar-refractivity contribution >= 4 is 37.0 Å². The van der Waals surface area contributed by atoms with Gasteiger partial charge in [-0.05, 0) is 25.1 Å². The summed E-state index contributed by atoms with van der Waals surface area (Å²) < 4.78 is 78.8. The van der Waals surface area contributed by atoms with Crippen molar-refractivity contribution in [2.75, 3.05) is 11.0 Å². The van der Waals surface area contributed by atoms with Crippen LogP contribution in [0.5, 0.6) is 0 Å². The van der Waals surface area contributed by atoms with Gasteiger partial charge >= 0.3 is 0 Å². The molecule has 132 valence electrons. The van der Waals surface area contributed by atoms with Gasteiger partial charge in [-0.3, -0.25) is 9.27 Å². The van der Waals surface area contributed by atoms with Crippen molar-refractivity contribution in [3.05, 3.63) is 30.0 Å². The Labute approximate surface area is 140 Å². The minimum Gasteiger partial charge on any atom is -0.302 e. The molecule has 1 atom stereocenters. The van der Waals surface area contributed by atoms with Crippen LogP contribution in [-0.4, -0.2) is 46.2 Å². The second kappa shape index (κ2) is 6.25. The predicted molar refractivity (Wildman–Crippen MR) is 85.6 cm³/mol. The van der Waals surface area contributed by atoms with Gasteiger partial charge in [0.1, 0.15) is 10.7 Å². The topological polar surface area (TPSA) is 156 Å². The highest BCUT2D eigenvalue weighted by Gasteiger charge is 2.22. The largest absolute Gasteiger partial charge is 0.302 e. The van der Waals surface area contributed by atoms with E-state index in [4.69, 9.17) is 4.55 Å². The van der Waals surface area contributed by atoms with Crippen molar-refractivity contribution in [2.24, 2.45) is 0 Å². The summed E-state index contributed by atoms with van der Waals surface area (Å²) in [5.41, 5.74) is 0.0645. The summed E-state index contributed by atoms with van der Waals surface area (Å²) in [6, 6.07) is 4.31. The molecule has 24 heavy (non-hydrogen) atoms. The highest BCUT2D eigenvalue weighted by Crippen LogP contribution is 2.26. The average Bonchev–Trinajstić information content (AvgIpc) is 2.75. The maximum atomic E-state index is 11.5. The van der Waals surface area contributed by atoms with Gasteiger partial charge in [-0.2, -0.15) is 13.5 Å². The molecule has 0 saturated carbocycles. The molecule has 10 nitrogen and oxygen atoms in total. The molecule has 0 bridgehead atoms. The van der Waals surface area contributed by atoms with Crippen LogP contribution in [0.2, 0.25) is 0 Å². The van der Waals surface area contributed by atoms with Crippen molar-refractivity contribution in [3.8, 4) is 5.69 Å². The number of nitrogens with one attached hydrogen (secondary N) is 1. The summed E-state index contributed by atoms with van der Waals surface area (Å²) in [6.07, 6.45) is 0.891. The zero-order valence-electron chi connectivity index (χ0n) is 12.4. The first-order valence-electron chi connectivity index (χ1n) is 6.16. The van der Waals surface area contributed by atoms with Crippen LogP contribution in [0, 0.1) is 6.92 Å². The van der Waals surface area contributed by atoms with Crippen LogP contribution in [0.15, 0.2) is 34.1 Å². The van der Waals surface area contributed by atoms with Crippen LogP contribution in [0.4, 0.5) is 5.82 Å². The van der Waals surface area contributed by atoms with Crippen LogP contribution < -0.4 is 4.72 Å². The van der Waals surface area contributed by atoms with Gasteiger partial charge in [0.05, 0.1) is 22.5 Å². The van der Waals surface area contributed by atoms with Gasteiger partial charge in [0.2, 0.25) is 10.0 Å². The Kier molecular flexibility index (Phi) is 4.83. The molecule has 1 aromatic heterocycles. The summed E-state index contributed by atoms with van der Waals surface area (Å²) in [5.74, 6) is -0.0965. The number of benzene rings is 1. The maximum Gasteiger partial charge on any atom is 0.296 e. The van der Waals surface area contributed by atoms with Crippen LogP contribution >= 0.6 is 0 Å². The molecule has 2 rings (SSSR count). The molecular weight excluding hydrogens is 382 g/mol. The number of hydrogen-bond donors (Lipinski definition) is 3. The summed E-state index contributed by atoms with van der Waals surface area (Å²) in [4.78, 5) is -0.757. The Balaban J connectivity index is 2.80. The van der Waals surface area contributed by atoms with E-state index in [9.17, 15) is 25.6 Å². The van der Waals surface area contributed by atoms with Gasteiger partial charge in [-0.15, -0.1) is 0 Å². The number of rotatable bonds is 5. The number of aromatic nitrogens is 2. The van der Waals surface area contributed by atoms with Crippen LogP contribution in [0.25, 0.3) is 5.69 Å². The zero-order chi connectivity index (χ0) is 18.3. The fourth-order valence-corrected chi connectivity index (χ4v) is 3.51. The van der Waals surface area contributed by atoms with Gasteiger partial charge in [0.25, 0.3) is 10.1 Å². The fourth-order valence-electron chi connectivity index (χ4n) is 1.94. The molecule has 0 fully saturated rings. The van der Waals surface area contributed by atoms with Crippen LogP contribution in [-0.2, 0) is 31.2 Å². The lowest BCUT2D eigenvalue weighted by Gasteiger charge is -2.12. The van der Waals surface area contributed by atoms with Gasteiger partial charge < -0.3 is 4.55 Å². The summed E-state index contributed by atoms with van der Waals surface area (Å²) in [7, 11) is -8.40. The van der Waals surface area contributed by atoms with Crippen molar-refractivity contribution in [1.29, 1.82) is 0 Å². The molecule has 0 aliphatic heterocycles. The minimum absolute atomic E-state index is 0.0965. The van der Waals surface area contributed by atoms with Crippen molar-refractivity contribution in [1.82, 2.24) is 9.78 Å². The lowest BCUT2D eigenvalue weighted by molar-refractivity contribution is 0.482. The Morgan fingerprint density at radius 3 is 2.33 bits per heavy atom. The van der Waals surface area contributed by atoms with Crippen LogP contribution in [0.1, 0.15) is 5.69 Å². The standard InChI is InChI=1S/C11H13N3O7S3/c1-7-5-11(13-23(2,17)18)14(12-7)9-6-8(22(15)16)3-4-10(9)24(19,20)21/h3-6,13H,1-2H3,(H,15,16)(H,19,20,21). The maximum absolute atomic E-state index is 11.5. The average molecular weight is 395 g/mol. The minimum atomic E-state index is -4.69. The summed E-state index contributed by atoms with van der Waals surface area (Å²) in [5, 5.41) is 3.97. The molecule has 1 unspecified atom stereocenters. The van der Waals surface area contributed by atoms with E-state index in [0.29, 0.717) is 5.69 Å². The van der Waals surface area contributed by atoms with Crippen molar-refractivity contribution in [2.45, 2.75) is 16.7 Å². The third-order valence-corrected chi connectivity index (χ3v) is 4.90. The normalized spacial score (nSPS) is 13.7. The molecular formula is C11H13N3O7S3. The van der Waals surface area contributed by atoms with Gasteiger partial charge in [-0.1, -0.05) is 0 Å². The van der Waals surface area contributed by atoms with Crippen molar-refractivity contribution in [3.63, 3.8) is 0 Å². The highest BCUT2D eigenvalue weighted by atomic mass is 32.2. The first-order valence-corrected chi connectivity index (χ1v) is 10.6. The van der Waals surface area contributed by atoms with E-state index in [0.717, 1.165) is 29.1 Å². The predicted octanol–water partition coefficient (Wildman–Crippen LogP) is 0.380. The SMILES string of the molecule is Cc1cc(NS(C)(=O)=O)n(-c2cc(S(=O)O)ccc2S(=O)(=O)O)n1. The van der Waals surface area contributed by atoms with Gasteiger partial charge in [-0.25, -0.2) is 17.3 Å². The Morgan fingerprint density at radius 1 is 1.21 bits per heavy atom. The molecule has 1 heterocycles. The van der Waals surface area contributed by atoms with E-state index >= 15 is 0 Å². The number of aryl methyl sites for hydroxylation is 1. The molecule has 1 aromatic carbocycles. The molecule has 0 radical (unpaired) electrons. The molecule has 0 aliphatic carbocycles. The number of nitrogens with zero attached hydrogens (tertiary/aromatic N) is 2. The lowest BCUT2D eigenvalue weighted by atomic mass is 10.3. The number of hydrogen-bond acceptors (Lipinski definition) is 6. The van der Waals surface area contributed by atoms with Gasteiger partial charge in [0, 0.05) is 6.07 Å². The summed E-state index contributed by atoms with van der Waals surface area (Å²) >= 11 is -2.42. The first kappa shape index (κ1) is 18.5. The number of sulfonamides is 1. The van der Waals surface area contributed by atoms with Crippen molar-refractivity contribution < 1.29 is 30.1 Å². The van der Waals surface area contributed by atoms with E-state index in [2.05, 4.69) is 9.82 Å². The second-order valence-electron chi connectivity index (χ2n) is 4.81. The van der Waals surface area contributed by atoms with E-state index in [1.54, 1.807) is 0 Å². The summed E-state index contributed by atoms with van der Waals surface area (Å²) in [6.45, 7) is 1.53. The fraction of sp³-hybridized carbons (Fsp3) is 0.182. The van der Waals surface area contributed by atoms with E-state index in [-0.39, 0.29) is 16.4 Å². The Hall–Kier alpha value is -1.80. The Morgan fingerprint density at radius 2 is 1.83 bits per heavy atom. The second-order valence-corrected chi connectivity index (χ2v) is 8.92. The number of anilines is 1. The lowest BCUT2D eigenvalue weighted by Crippen LogP contribution is -2.15. The highest BCUT2D eigenvalue weighted by molar-refractivity contribution is 7.92. The Bertz CT molecular complexity index is 1030. The molecule has 0 spiro atoms. The third kappa shape index (κ3) is 4.18. The van der Waals surface area contributed by atoms with E-state index in [1.807, 2.05) is 0 Å². The molecule has 0 amide bonds. The quantitative estimate of drug-likeness (QED) is 0.484. The molecule has 13 heteroatoms. The zero-order valence-corrected chi connectivity index (χ0v) is 14.8. The first-order chi connectivity index (χ1) is 10.9. The monoisotopic (exact) mass is 395 g/mol. The van der Waals surface area contributed by atoms with E-state index < -0.39 is 36.1 Å². The smallest absolute Gasteiger partial charge is 0.296 e. The van der Waals surface area contributed by atoms with Gasteiger partial charge in [0.15, 0.2) is 11.1 Å². The molecule has 2 aromatic rings. The third-order valence-electron chi connectivity index (χ3n) is 2.76. The van der Waals surface area contributed by atoms with E-state index in [1.165, 1.54) is 13.0 Å².